The summed E-state index contributed by atoms with van der Waals surface area (Å²) in [6.45, 7) is 0.338. The lowest BCUT2D eigenvalue weighted by Crippen LogP contribution is -2.66. The summed E-state index contributed by atoms with van der Waals surface area (Å²) in [5, 5.41) is 48.4. The lowest BCUT2D eigenvalue weighted by Gasteiger charge is -2.53. The van der Waals surface area contributed by atoms with Crippen molar-refractivity contribution in [3.05, 3.63) is 51.5 Å². The van der Waals surface area contributed by atoms with Crippen LogP contribution in [-0.4, -0.2) is 101 Å². The summed E-state index contributed by atoms with van der Waals surface area (Å²) in [5.74, 6) is -8.02. The zero-order chi connectivity index (χ0) is 31.3. The van der Waals surface area contributed by atoms with Gasteiger partial charge in [-0.2, -0.15) is 0 Å². The molecule has 0 unspecified atom stereocenters. The number of primary amides is 1. The molecule has 0 saturated carbocycles. The number of hydrogen-bond acceptors (Lipinski definition) is 13. The van der Waals surface area contributed by atoms with Gasteiger partial charge in [-0.25, -0.2) is 4.79 Å². The van der Waals surface area contributed by atoms with Crippen molar-refractivity contribution >= 4 is 29.4 Å². The standard InChI is InChI=1S/C28H33N3O11/c1-12(32)17-22(35)20(31(3)4)15-10-27(25(38)41-7-8-42-26(29)39)9-14-13(11-30-2)5-6-16(33)18(14)21(34)19(27)24(37)28(15,40)23(17)36/h5-6,15,20,30,33,35,37,40H,7-11H2,1-4H3,(H2,29,39)/t15-,20-,27+,28+/m0/s1. The molecule has 0 fully saturated rings. The molecule has 0 spiro atoms. The third-order valence-electron chi connectivity index (χ3n) is 8.22. The van der Waals surface area contributed by atoms with Crippen molar-refractivity contribution < 1.29 is 53.9 Å². The van der Waals surface area contributed by atoms with Crippen LogP contribution in [0.2, 0.25) is 0 Å². The van der Waals surface area contributed by atoms with Crippen molar-refractivity contribution in [2.24, 2.45) is 17.1 Å². The summed E-state index contributed by atoms with van der Waals surface area (Å²) in [6, 6.07) is 1.58. The van der Waals surface area contributed by atoms with Gasteiger partial charge in [-0.1, -0.05) is 6.07 Å². The number of nitrogens with zero attached hydrogens (tertiary/aromatic N) is 1. The van der Waals surface area contributed by atoms with E-state index < -0.39 is 100 Å². The minimum Gasteiger partial charge on any atom is -0.510 e. The molecule has 7 N–H and O–H groups in total. The van der Waals surface area contributed by atoms with Crippen LogP contribution >= 0.6 is 0 Å². The van der Waals surface area contributed by atoms with E-state index in [2.05, 4.69) is 10.1 Å². The Morgan fingerprint density at radius 2 is 1.76 bits per heavy atom. The Morgan fingerprint density at radius 3 is 2.33 bits per heavy atom. The molecule has 226 valence electrons. The number of hydrogen-bond donors (Lipinski definition) is 6. The highest BCUT2D eigenvalue weighted by atomic mass is 16.6. The largest absolute Gasteiger partial charge is 0.510 e. The first-order valence-electron chi connectivity index (χ1n) is 13.1. The van der Waals surface area contributed by atoms with Gasteiger partial charge in [0.1, 0.15) is 41.5 Å². The zero-order valence-electron chi connectivity index (χ0n) is 23.5. The molecule has 0 aromatic heterocycles. The highest BCUT2D eigenvalue weighted by Gasteiger charge is 2.68. The van der Waals surface area contributed by atoms with Crippen LogP contribution in [0.15, 0.2) is 34.8 Å². The number of phenols is 1. The average molecular weight is 588 g/mol. The second kappa shape index (κ2) is 10.9. The minimum atomic E-state index is -2.89. The molecule has 1 aromatic rings. The number of Topliss-reactive ketones (excluding diaryl/α,β-unsaturated/α-hetero) is 3. The maximum absolute atomic E-state index is 14.1. The lowest BCUT2D eigenvalue weighted by atomic mass is 9.52. The second-order valence-electron chi connectivity index (χ2n) is 10.9. The molecule has 14 heteroatoms. The number of aliphatic hydroxyl groups is 3. The minimum absolute atomic E-state index is 0.232. The van der Waals surface area contributed by atoms with Crippen molar-refractivity contribution in [1.82, 2.24) is 10.2 Å². The van der Waals surface area contributed by atoms with Crippen molar-refractivity contribution in [1.29, 1.82) is 0 Å². The van der Waals surface area contributed by atoms with Crippen LogP contribution < -0.4 is 11.1 Å². The van der Waals surface area contributed by atoms with Crippen LogP contribution in [0.1, 0.15) is 34.8 Å². The smallest absolute Gasteiger partial charge is 0.404 e. The van der Waals surface area contributed by atoms with Crippen LogP contribution in [0.4, 0.5) is 4.79 Å². The first-order chi connectivity index (χ1) is 19.6. The molecular weight excluding hydrogens is 554 g/mol. The summed E-state index contributed by atoms with van der Waals surface area (Å²) in [4.78, 5) is 66.6. The molecule has 3 aliphatic carbocycles. The maximum atomic E-state index is 14.1. The molecule has 1 aromatic carbocycles. The Hall–Kier alpha value is -4.27. The maximum Gasteiger partial charge on any atom is 0.404 e. The fourth-order valence-electron chi connectivity index (χ4n) is 6.50. The van der Waals surface area contributed by atoms with E-state index in [4.69, 9.17) is 10.5 Å². The van der Waals surface area contributed by atoms with Gasteiger partial charge in [0.15, 0.2) is 17.2 Å². The molecule has 0 saturated heterocycles. The Balaban J connectivity index is 2.02. The number of nitrogens with two attached hydrogens (primary N) is 1. The number of aliphatic hydroxyl groups excluding tert-OH is 2. The van der Waals surface area contributed by atoms with Crippen LogP contribution in [0, 0.1) is 11.3 Å². The van der Waals surface area contributed by atoms with Gasteiger partial charge in [-0.15, -0.1) is 0 Å². The SMILES string of the molecule is CNCc1ccc(O)c2c1C[C@@]1(C(=O)OCCOC(N)=O)C[C@H]3[C@H](N(C)C)C(O)=C(C(C)=O)C(=O)[C@@]3(O)C(O)=C1C2=O. The normalized spacial score (nSPS) is 26.9. The Bertz CT molecular complexity index is 1460. The third-order valence-corrected chi connectivity index (χ3v) is 8.22. The van der Waals surface area contributed by atoms with E-state index >= 15 is 0 Å². The number of rotatable bonds is 8. The highest BCUT2D eigenvalue weighted by Crippen LogP contribution is 2.58. The van der Waals surface area contributed by atoms with Gasteiger partial charge in [-0.3, -0.25) is 24.1 Å². The number of carbonyl (C=O) groups is 5. The topological polar surface area (TPSA) is 226 Å². The molecule has 0 aliphatic heterocycles. The number of phenolic OH excluding ortho intramolecular Hbond substituents is 1. The van der Waals surface area contributed by atoms with Gasteiger partial charge < -0.3 is 41.0 Å². The number of likely N-dealkylation sites (N-methyl/N-ethyl adjacent to an activating group) is 1. The molecule has 0 radical (unpaired) electrons. The Labute approximate surface area is 240 Å². The molecule has 3 aliphatic rings. The van der Waals surface area contributed by atoms with Gasteiger partial charge >= 0.3 is 12.1 Å². The number of esters is 1. The third kappa shape index (κ3) is 4.42. The quantitative estimate of drug-likeness (QED) is 0.133. The molecule has 4 rings (SSSR count). The van der Waals surface area contributed by atoms with Gasteiger partial charge in [-0.05, 0) is 58.1 Å². The van der Waals surface area contributed by atoms with E-state index in [0.29, 0.717) is 5.56 Å². The summed E-state index contributed by atoms with van der Waals surface area (Å²) >= 11 is 0. The monoisotopic (exact) mass is 587 g/mol. The first kappa shape index (κ1) is 30.7. The number of nitrogens with one attached hydrogen (secondary N) is 1. The van der Waals surface area contributed by atoms with E-state index in [1.165, 1.54) is 25.1 Å². The lowest BCUT2D eigenvalue weighted by molar-refractivity contribution is -0.166. The van der Waals surface area contributed by atoms with Gasteiger partial charge in [0, 0.05) is 12.5 Å². The van der Waals surface area contributed by atoms with Gasteiger partial charge in [0.25, 0.3) is 0 Å². The van der Waals surface area contributed by atoms with Crippen LogP contribution in [0.25, 0.3) is 0 Å². The zero-order valence-corrected chi connectivity index (χ0v) is 23.5. The van der Waals surface area contributed by atoms with Gasteiger partial charge in [0.2, 0.25) is 5.78 Å². The number of amides is 1. The number of aromatic hydroxyl groups is 1. The molecule has 4 atom stereocenters. The van der Waals surface area contributed by atoms with E-state index in [-0.39, 0.29) is 24.1 Å². The fraction of sp³-hybridized carbons (Fsp3) is 0.464. The molecule has 0 heterocycles. The van der Waals surface area contributed by atoms with E-state index in [1.54, 1.807) is 13.1 Å². The van der Waals surface area contributed by atoms with E-state index in [0.717, 1.165) is 6.92 Å². The average Bonchev–Trinajstić information content (AvgIpc) is 2.89. The molecular formula is C28H33N3O11. The second-order valence-corrected chi connectivity index (χ2v) is 10.9. The summed E-state index contributed by atoms with van der Waals surface area (Å²) in [7, 11) is 4.66. The number of fused-ring (bicyclic) bond motifs is 3. The van der Waals surface area contributed by atoms with Crippen molar-refractivity contribution in [3.8, 4) is 5.75 Å². The molecule has 0 bridgehead atoms. The predicted molar refractivity (Wildman–Crippen MR) is 143 cm³/mol. The number of carbonyl (C=O) groups excluding carboxylic acids is 5. The predicted octanol–water partition coefficient (Wildman–Crippen LogP) is -0.0476. The highest BCUT2D eigenvalue weighted by molar-refractivity contribution is 6.25. The van der Waals surface area contributed by atoms with Crippen molar-refractivity contribution in [3.63, 3.8) is 0 Å². The summed E-state index contributed by atoms with van der Waals surface area (Å²) < 4.78 is 10.0. The Morgan fingerprint density at radius 1 is 1.12 bits per heavy atom. The molecule has 1 amide bonds. The number of benzene rings is 1. The van der Waals surface area contributed by atoms with Gasteiger partial charge in [0.05, 0.1) is 17.2 Å². The van der Waals surface area contributed by atoms with Crippen LogP contribution in [0.3, 0.4) is 0 Å². The van der Waals surface area contributed by atoms with E-state index in [9.17, 15) is 44.4 Å². The fourth-order valence-corrected chi connectivity index (χ4v) is 6.50. The summed E-state index contributed by atoms with van der Waals surface area (Å²) in [6.07, 6.45) is -1.92. The van der Waals surface area contributed by atoms with Crippen LogP contribution in [0.5, 0.6) is 5.75 Å². The number of ether oxygens (including phenoxy) is 2. The van der Waals surface area contributed by atoms with Crippen molar-refractivity contribution in [2.45, 2.75) is 38.0 Å². The van der Waals surface area contributed by atoms with E-state index in [1.807, 2.05) is 0 Å². The number of ketones is 3. The first-order valence-corrected chi connectivity index (χ1v) is 13.1. The molecule has 14 nitrogen and oxygen atoms in total. The van der Waals surface area contributed by atoms with Crippen LogP contribution in [-0.2, 0) is 36.8 Å². The Kier molecular flexibility index (Phi) is 7.93. The molecule has 42 heavy (non-hydrogen) atoms. The van der Waals surface area contributed by atoms with Crippen molar-refractivity contribution in [2.75, 3.05) is 34.4 Å². The summed E-state index contributed by atoms with van der Waals surface area (Å²) in [5.41, 5.74) is -0.794.